The molecule has 1 amide bonds. The van der Waals surface area contributed by atoms with Crippen LogP contribution >= 0.6 is 0 Å². The van der Waals surface area contributed by atoms with Gasteiger partial charge in [0.2, 0.25) is 11.9 Å². The summed E-state index contributed by atoms with van der Waals surface area (Å²) >= 11 is 0. The molecule has 0 aromatic carbocycles. The molecule has 0 unspecified atom stereocenters. The number of rotatable bonds is 3. The van der Waals surface area contributed by atoms with Crippen molar-refractivity contribution < 1.29 is 4.79 Å². The van der Waals surface area contributed by atoms with Crippen molar-refractivity contribution in [2.75, 3.05) is 42.9 Å². The van der Waals surface area contributed by atoms with E-state index in [1.165, 1.54) is 0 Å². The molecule has 3 fully saturated rings. The Labute approximate surface area is 136 Å². The van der Waals surface area contributed by atoms with Crippen LogP contribution in [0, 0.1) is 5.41 Å². The average Bonchev–Trinajstić information content (AvgIpc) is 3.17. The number of fused-ring (bicyclic) bond motifs is 1. The van der Waals surface area contributed by atoms with Gasteiger partial charge in [-0.05, 0) is 25.8 Å². The van der Waals surface area contributed by atoms with Gasteiger partial charge in [-0.1, -0.05) is 6.42 Å². The van der Waals surface area contributed by atoms with E-state index in [4.69, 9.17) is 0 Å². The van der Waals surface area contributed by atoms with E-state index in [-0.39, 0.29) is 11.3 Å². The topological polar surface area (TPSA) is 82.2 Å². The predicted molar refractivity (Wildman–Crippen MR) is 88.4 cm³/mol. The first kappa shape index (κ1) is 14.8. The van der Waals surface area contributed by atoms with Crippen LogP contribution in [-0.4, -0.2) is 54.6 Å². The number of carbonyl (C=O) groups is 1. The van der Waals surface area contributed by atoms with Crippen molar-refractivity contribution in [3.63, 3.8) is 0 Å². The molecule has 0 spiro atoms. The average molecular weight is 316 g/mol. The zero-order valence-corrected chi connectivity index (χ0v) is 13.3. The van der Waals surface area contributed by atoms with Crippen LogP contribution in [0.4, 0.5) is 11.6 Å². The molecule has 1 aliphatic carbocycles. The SMILES string of the molecule is O=C(Nc1cnc(N2CCNCC2)nc1)[C@]12CCC[C@H]1NCC2. The first-order valence-electron chi connectivity index (χ1n) is 8.60. The lowest BCUT2D eigenvalue weighted by Gasteiger charge is -2.28. The highest BCUT2D eigenvalue weighted by Crippen LogP contribution is 2.45. The van der Waals surface area contributed by atoms with Crippen LogP contribution in [0.3, 0.4) is 0 Å². The monoisotopic (exact) mass is 316 g/mol. The number of hydrogen-bond donors (Lipinski definition) is 3. The van der Waals surface area contributed by atoms with Gasteiger partial charge in [-0.2, -0.15) is 0 Å². The van der Waals surface area contributed by atoms with Crippen LogP contribution < -0.4 is 20.9 Å². The summed E-state index contributed by atoms with van der Waals surface area (Å²) in [5.41, 5.74) is 0.470. The lowest BCUT2D eigenvalue weighted by atomic mass is 9.81. The first-order chi connectivity index (χ1) is 11.3. The van der Waals surface area contributed by atoms with Crippen LogP contribution in [0.2, 0.25) is 0 Å². The molecule has 3 heterocycles. The lowest BCUT2D eigenvalue weighted by molar-refractivity contribution is -0.125. The molecule has 2 atom stereocenters. The Morgan fingerprint density at radius 2 is 2.00 bits per heavy atom. The van der Waals surface area contributed by atoms with Gasteiger partial charge >= 0.3 is 0 Å². The highest BCUT2D eigenvalue weighted by Gasteiger charge is 2.51. The number of nitrogens with one attached hydrogen (secondary N) is 3. The van der Waals surface area contributed by atoms with E-state index in [1.807, 2.05) is 0 Å². The third-order valence-electron chi connectivity index (χ3n) is 5.49. The highest BCUT2D eigenvalue weighted by molar-refractivity contribution is 5.96. The van der Waals surface area contributed by atoms with Crippen molar-refractivity contribution in [1.82, 2.24) is 20.6 Å². The lowest BCUT2D eigenvalue weighted by Crippen LogP contribution is -2.44. The van der Waals surface area contributed by atoms with Crippen LogP contribution in [0.1, 0.15) is 25.7 Å². The number of amides is 1. The zero-order valence-electron chi connectivity index (χ0n) is 13.3. The molecule has 7 nitrogen and oxygen atoms in total. The summed E-state index contributed by atoms with van der Waals surface area (Å²) in [4.78, 5) is 23.8. The number of hydrogen-bond acceptors (Lipinski definition) is 6. The quantitative estimate of drug-likeness (QED) is 0.747. The second kappa shape index (κ2) is 6.05. The van der Waals surface area contributed by atoms with Gasteiger partial charge in [-0.3, -0.25) is 4.79 Å². The minimum atomic E-state index is -0.225. The molecule has 1 aromatic heterocycles. The Kier molecular flexibility index (Phi) is 3.90. The van der Waals surface area contributed by atoms with E-state index < -0.39 is 0 Å². The van der Waals surface area contributed by atoms with E-state index in [0.717, 1.165) is 64.4 Å². The fourth-order valence-corrected chi connectivity index (χ4v) is 4.19. The zero-order chi connectivity index (χ0) is 15.7. The number of anilines is 2. The second-order valence-electron chi connectivity index (χ2n) is 6.77. The molecule has 0 radical (unpaired) electrons. The molecule has 124 valence electrons. The summed E-state index contributed by atoms with van der Waals surface area (Å²) in [5.74, 6) is 0.868. The maximum atomic E-state index is 12.8. The molecule has 2 aliphatic heterocycles. The standard InChI is InChI=1S/C16H24N6O/c23-14(16-3-1-2-13(16)18-5-4-16)21-12-10-19-15(20-11-12)22-8-6-17-7-9-22/h10-11,13,17-18H,1-9H2,(H,21,23)/t13-,16+/m1/s1. The van der Waals surface area contributed by atoms with Crippen molar-refractivity contribution in [3.05, 3.63) is 12.4 Å². The molecule has 3 aliphatic rings. The van der Waals surface area contributed by atoms with E-state index in [1.54, 1.807) is 12.4 Å². The second-order valence-corrected chi connectivity index (χ2v) is 6.77. The van der Waals surface area contributed by atoms with Gasteiger partial charge in [0.25, 0.3) is 0 Å². The van der Waals surface area contributed by atoms with Gasteiger partial charge in [-0.15, -0.1) is 0 Å². The molecule has 4 rings (SSSR count). The largest absolute Gasteiger partial charge is 0.338 e. The Morgan fingerprint density at radius 3 is 2.78 bits per heavy atom. The van der Waals surface area contributed by atoms with Crippen LogP contribution in [-0.2, 0) is 4.79 Å². The minimum absolute atomic E-state index is 0.128. The molecular formula is C16H24N6O. The van der Waals surface area contributed by atoms with Crippen molar-refractivity contribution in [2.24, 2.45) is 5.41 Å². The third kappa shape index (κ3) is 2.68. The van der Waals surface area contributed by atoms with Gasteiger partial charge in [0.1, 0.15) is 0 Å². The summed E-state index contributed by atoms with van der Waals surface area (Å²) in [7, 11) is 0. The summed E-state index contributed by atoms with van der Waals surface area (Å²) in [5, 5.41) is 9.83. The van der Waals surface area contributed by atoms with Crippen LogP contribution in [0.15, 0.2) is 12.4 Å². The van der Waals surface area contributed by atoms with Gasteiger partial charge in [0, 0.05) is 32.2 Å². The summed E-state index contributed by atoms with van der Waals surface area (Å²) < 4.78 is 0. The Balaban J connectivity index is 1.43. The van der Waals surface area contributed by atoms with Gasteiger partial charge in [0.05, 0.1) is 23.5 Å². The number of nitrogens with zero attached hydrogens (tertiary/aromatic N) is 3. The first-order valence-corrected chi connectivity index (χ1v) is 8.60. The molecule has 1 saturated carbocycles. The van der Waals surface area contributed by atoms with Crippen molar-refractivity contribution in [3.8, 4) is 0 Å². The predicted octanol–water partition coefficient (Wildman–Crippen LogP) is 0.357. The molecule has 3 N–H and O–H groups in total. The van der Waals surface area contributed by atoms with Crippen LogP contribution in [0.5, 0.6) is 0 Å². The molecule has 0 bridgehead atoms. The number of aromatic nitrogens is 2. The third-order valence-corrected chi connectivity index (χ3v) is 5.49. The summed E-state index contributed by atoms with van der Waals surface area (Å²) in [6.07, 6.45) is 7.60. The Bertz CT molecular complexity index is 558. The fraction of sp³-hybridized carbons (Fsp3) is 0.688. The van der Waals surface area contributed by atoms with E-state index in [9.17, 15) is 4.79 Å². The molecule has 23 heavy (non-hydrogen) atoms. The molecule has 7 heteroatoms. The Hall–Kier alpha value is -1.73. The molecular weight excluding hydrogens is 292 g/mol. The van der Waals surface area contributed by atoms with Crippen LogP contribution in [0.25, 0.3) is 0 Å². The summed E-state index contributed by atoms with van der Waals surface area (Å²) in [6.45, 7) is 4.69. The smallest absolute Gasteiger partial charge is 0.232 e. The van der Waals surface area contributed by atoms with Crippen molar-refractivity contribution in [2.45, 2.75) is 31.7 Å². The van der Waals surface area contributed by atoms with E-state index >= 15 is 0 Å². The van der Waals surface area contributed by atoms with Crippen molar-refractivity contribution >= 4 is 17.5 Å². The van der Waals surface area contributed by atoms with Gasteiger partial charge in [0.15, 0.2) is 0 Å². The number of piperazine rings is 1. The molecule has 1 aromatic rings. The molecule has 2 saturated heterocycles. The highest BCUT2D eigenvalue weighted by atomic mass is 16.2. The van der Waals surface area contributed by atoms with Crippen molar-refractivity contribution in [1.29, 1.82) is 0 Å². The van der Waals surface area contributed by atoms with E-state index in [0.29, 0.717) is 11.7 Å². The Morgan fingerprint density at radius 1 is 1.22 bits per heavy atom. The number of carbonyl (C=O) groups excluding carboxylic acids is 1. The van der Waals surface area contributed by atoms with E-state index in [2.05, 4.69) is 30.8 Å². The minimum Gasteiger partial charge on any atom is -0.338 e. The maximum absolute atomic E-state index is 12.8. The summed E-state index contributed by atoms with van der Waals surface area (Å²) in [6, 6.07) is 0.337. The normalized spacial score (nSPS) is 30.3. The maximum Gasteiger partial charge on any atom is 0.232 e. The fourth-order valence-electron chi connectivity index (χ4n) is 4.19. The van der Waals surface area contributed by atoms with Gasteiger partial charge < -0.3 is 20.9 Å². The van der Waals surface area contributed by atoms with Gasteiger partial charge in [-0.25, -0.2) is 9.97 Å².